The number of carbonyl (C=O) groups is 1. The number of amides is 1. The maximum Gasteiger partial charge on any atom is 0.249 e. The number of sulfonamides is 1. The quantitative estimate of drug-likeness (QED) is 0.337. The van der Waals surface area contributed by atoms with Gasteiger partial charge in [0.15, 0.2) is 4.34 Å². The van der Waals surface area contributed by atoms with Gasteiger partial charge in [0.1, 0.15) is 6.04 Å². The van der Waals surface area contributed by atoms with E-state index in [4.69, 9.17) is 23.2 Å². The molecule has 1 amide bonds. The summed E-state index contributed by atoms with van der Waals surface area (Å²) in [6.45, 7) is 1.46. The number of nitrogens with one attached hydrogen (secondary N) is 1. The predicted octanol–water partition coefficient (Wildman–Crippen LogP) is 4.93. The lowest BCUT2D eigenvalue weighted by molar-refractivity contribution is -0.116. The monoisotopic (exact) mass is 516 g/mol. The number of hydrogen-bond donors (Lipinski definition) is 1. The second-order valence-corrected chi connectivity index (χ2v) is 11.4. The maximum atomic E-state index is 12.8. The summed E-state index contributed by atoms with van der Waals surface area (Å²) in [5, 5.41) is 11.4. The van der Waals surface area contributed by atoms with E-state index in [1.807, 2.05) is 30.3 Å². The second kappa shape index (κ2) is 10.2. The van der Waals surface area contributed by atoms with E-state index >= 15 is 0 Å². The predicted molar refractivity (Wildman–Crippen MR) is 128 cm³/mol. The van der Waals surface area contributed by atoms with Crippen molar-refractivity contribution in [1.29, 1.82) is 0 Å². The molecule has 7 nitrogen and oxygen atoms in total. The number of rotatable bonds is 8. The molecule has 1 heterocycles. The molecule has 12 heteroatoms. The van der Waals surface area contributed by atoms with Gasteiger partial charge in [-0.05, 0) is 30.7 Å². The Kier molecular flexibility index (Phi) is 7.82. The molecule has 0 aliphatic heterocycles. The van der Waals surface area contributed by atoms with Gasteiger partial charge in [-0.2, -0.15) is 0 Å². The zero-order chi connectivity index (χ0) is 22.6. The normalized spacial score (nSPS) is 12.4. The van der Waals surface area contributed by atoms with Crippen LogP contribution in [0.5, 0.6) is 0 Å². The number of nitrogens with zero attached hydrogens (tertiary/aromatic N) is 3. The van der Waals surface area contributed by atoms with Gasteiger partial charge >= 0.3 is 0 Å². The Balaban J connectivity index is 1.72. The molecule has 2 aromatic carbocycles. The van der Waals surface area contributed by atoms with E-state index in [2.05, 4.69) is 15.5 Å². The average Bonchev–Trinajstić information content (AvgIpc) is 3.16. The molecule has 3 aromatic rings. The van der Waals surface area contributed by atoms with Gasteiger partial charge in [0, 0.05) is 10.8 Å². The highest BCUT2D eigenvalue weighted by molar-refractivity contribution is 8.00. The largest absolute Gasteiger partial charge is 0.299 e. The van der Waals surface area contributed by atoms with Crippen molar-refractivity contribution in [2.45, 2.75) is 23.1 Å². The molecule has 0 aliphatic rings. The van der Waals surface area contributed by atoms with Crippen molar-refractivity contribution in [3.05, 3.63) is 64.1 Å². The van der Waals surface area contributed by atoms with Crippen molar-refractivity contribution >= 4 is 73.0 Å². The van der Waals surface area contributed by atoms with Crippen molar-refractivity contribution in [2.24, 2.45) is 0 Å². The number of thioether (sulfide) groups is 1. The number of carbonyl (C=O) groups excluding carboxylic acids is 1. The van der Waals surface area contributed by atoms with Crippen LogP contribution in [0.3, 0.4) is 0 Å². The van der Waals surface area contributed by atoms with Crippen LogP contribution in [0.2, 0.25) is 10.0 Å². The summed E-state index contributed by atoms with van der Waals surface area (Å²) in [6.07, 6.45) is 0.997. The summed E-state index contributed by atoms with van der Waals surface area (Å²) in [7, 11) is -3.84. The van der Waals surface area contributed by atoms with E-state index in [1.165, 1.54) is 48.2 Å². The highest BCUT2D eigenvalue weighted by Gasteiger charge is 2.31. The molecular formula is C19H18Cl2N4O3S3. The van der Waals surface area contributed by atoms with E-state index in [0.29, 0.717) is 9.36 Å². The number of halogens is 2. The minimum absolute atomic E-state index is 0.121. The summed E-state index contributed by atoms with van der Waals surface area (Å²) >= 11 is 14.9. The third-order valence-corrected chi connectivity index (χ3v) is 7.90. The third-order valence-electron chi connectivity index (χ3n) is 4.08. The lowest BCUT2D eigenvalue weighted by Crippen LogP contribution is -2.45. The topological polar surface area (TPSA) is 92.3 Å². The Morgan fingerprint density at radius 2 is 1.90 bits per heavy atom. The first kappa shape index (κ1) is 23.8. The SMILES string of the molecule is C[C@H](C(=O)Nc1nnc(SCc2ccccc2)s1)N(c1cc(Cl)ccc1Cl)S(C)(=O)=O. The van der Waals surface area contributed by atoms with Gasteiger partial charge in [-0.15, -0.1) is 10.2 Å². The van der Waals surface area contributed by atoms with E-state index in [1.54, 1.807) is 0 Å². The fourth-order valence-corrected chi connectivity index (χ4v) is 6.00. The van der Waals surface area contributed by atoms with Crippen molar-refractivity contribution < 1.29 is 13.2 Å². The molecule has 0 aliphatic carbocycles. The summed E-state index contributed by atoms with van der Waals surface area (Å²) in [6, 6.07) is 13.2. The molecule has 0 fully saturated rings. The van der Waals surface area contributed by atoms with Gasteiger partial charge in [-0.25, -0.2) is 8.42 Å². The molecule has 31 heavy (non-hydrogen) atoms. The molecule has 0 radical (unpaired) electrons. The molecule has 3 rings (SSSR count). The first-order chi connectivity index (χ1) is 14.6. The van der Waals surface area contributed by atoms with Crippen LogP contribution in [-0.4, -0.2) is 36.8 Å². The van der Waals surface area contributed by atoms with Crippen LogP contribution in [0.1, 0.15) is 12.5 Å². The average molecular weight is 517 g/mol. The first-order valence-electron chi connectivity index (χ1n) is 8.90. The Morgan fingerprint density at radius 1 is 1.19 bits per heavy atom. The fourth-order valence-electron chi connectivity index (χ4n) is 2.68. The van der Waals surface area contributed by atoms with Crippen molar-refractivity contribution in [3.63, 3.8) is 0 Å². The molecule has 164 valence electrons. The van der Waals surface area contributed by atoms with Crippen molar-refractivity contribution in [3.8, 4) is 0 Å². The molecule has 0 spiro atoms. The fraction of sp³-hybridized carbons (Fsp3) is 0.211. The summed E-state index contributed by atoms with van der Waals surface area (Å²) in [4.78, 5) is 12.8. The Labute approximate surface area is 198 Å². The van der Waals surface area contributed by atoms with E-state index in [-0.39, 0.29) is 15.8 Å². The number of anilines is 2. The van der Waals surface area contributed by atoms with Crippen LogP contribution < -0.4 is 9.62 Å². The number of aromatic nitrogens is 2. The van der Waals surface area contributed by atoms with Gasteiger partial charge in [-0.3, -0.25) is 14.4 Å². The molecule has 0 unspecified atom stereocenters. The summed E-state index contributed by atoms with van der Waals surface area (Å²) < 4.78 is 26.5. The smallest absolute Gasteiger partial charge is 0.249 e. The maximum absolute atomic E-state index is 12.8. The van der Waals surface area contributed by atoms with E-state index < -0.39 is 22.0 Å². The minimum atomic E-state index is -3.84. The van der Waals surface area contributed by atoms with E-state index in [0.717, 1.165) is 21.9 Å². The molecule has 0 bridgehead atoms. The number of benzene rings is 2. The highest BCUT2D eigenvalue weighted by atomic mass is 35.5. The van der Waals surface area contributed by atoms with Crippen LogP contribution in [0.15, 0.2) is 52.9 Å². The third kappa shape index (κ3) is 6.33. The Bertz CT molecular complexity index is 1170. The standard InChI is InChI=1S/C19H18Cl2N4O3S3/c1-12(25(31(2,27)28)16-10-14(20)8-9-15(16)21)17(26)22-18-23-24-19(30-18)29-11-13-6-4-3-5-7-13/h3-10,12H,11H2,1-2H3,(H,22,23,26)/t12-/m1/s1. The van der Waals surface area contributed by atoms with Crippen LogP contribution in [0.4, 0.5) is 10.8 Å². The molecule has 0 saturated heterocycles. The van der Waals surface area contributed by atoms with Crippen LogP contribution in [0, 0.1) is 0 Å². The van der Waals surface area contributed by atoms with Gasteiger partial charge in [0.05, 0.1) is 17.0 Å². The lowest BCUT2D eigenvalue weighted by Gasteiger charge is -2.28. The van der Waals surface area contributed by atoms with Crippen LogP contribution in [-0.2, 0) is 20.6 Å². The number of hydrogen-bond acceptors (Lipinski definition) is 7. The molecule has 1 atom stereocenters. The van der Waals surface area contributed by atoms with Crippen molar-refractivity contribution in [2.75, 3.05) is 15.9 Å². The zero-order valence-corrected chi connectivity index (χ0v) is 20.4. The van der Waals surface area contributed by atoms with E-state index in [9.17, 15) is 13.2 Å². The van der Waals surface area contributed by atoms with Crippen LogP contribution >= 0.6 is 46.3 Å². The molecule has 1 aromatic heterocycles. The molecule has 1 N–H and O–H groups in total. The Morgan fingerprint density at radius 3 is 2.58 bits per heavy atom. The summed E-state index contributed by atoms with van der Waals surface area (Å²) in [5.74, 6) is 0.145. The second-order valence-electron chi connectivity index (χ2n) is 6.47. The zero-order valence-electron chi connectivity index (χ0n) is 16.5. The first-order valence-corrected chi connectivity index (χ1v) is 13.3. The van der Waals surface area contributed by atoms with Gasteiger partial charge in [-0.1, -0.05) is 76.6 Å². The highest BCUT2D eigenvalue weighted by Crippen LogP contribution is 2.33. The lowest BCUT2D eigenvalue weighted by atomic mass is 10.2. The van der Waals surface area contributed by atoms with Gasteiger partial charge in [0.2, 0.25) is 21.1 Å². The van der Waals surface area contributed by atoms with Gasteiger partial charge in [0.25, 0.3) is 0 Å². The van der Waals surface area contributed by atoms with Gasteiger partial charge < -0.3 is 0 Å². The molecular weight excluding hydrogens is 499 g/mol. The van der Waals surface area contributed by atoms with Crippen LogP contribution in [0.25, 0.3) is 0 Å². The summed E-state index contributed by atoms with van der Waals surface area (Å²) in [5.41, 5.74) is 1.26. The molecule has 0 saturated carbocycles. The van der Waals surface area contributed by atoms with Crippen molar-refractivity contribution in [1.82, 2.24) is 10.2 Å². The Hall–Kier alpha value is -1.85. The minimum Gasteiger partial charge on any atom is -0.299 e.